The van der Waals surface area contributed by atoms with Gasteiger partial charge in [-0.15, -0.1) is 0 Å². The van der Waals surface area contributed by atoms with E-state index in [9.17, 15) is 12.8 Å². The summed E-state index contributed by atoms with van der Waals surface area (Å²) >= 11 is 0. The predicted octanol–water partition coefficient (Wildman–Crippen LogP) is 1.76. The first-order chi connectivity index (χ1) is 9.52. The van der Waals surface area contributed by atoms with E-state index in [1.54, 1.807) is 12.1 Å². The van der Waals surface area contributed by atoms with Gasteiger partial charge >= 0.3 is 0 Å². The molecule has 2 unspecified atom stereocenters. The monoisotopic (exact) mass is 300 g/mol. The van der Waals surface area contributed by atoms with E-state index in [2.05, 4.69) is 4.72 Å². The molecule has 1 fully saturated rings. The first-order valence-electron chi connectivity index (χ1n) is 6.95. The Morgan fingerprint density at radius 3 is 2.65 bits per heavy atom. The van der Waals surface area contributed by atoms with Gasteiger partial charge in [-0.3, -0.25) is 0 Å². The van der Waals surface area contributed by atoms with Gasteiger partial charge in [-0.25, -0.2) is 17.5 Å². The fourth-order valence-electron chi connectivity index (χ4n) is 2.74. The van der Waals surface area contributed by atoms with Crippen molar-refractivity contribution in [2.24, 2.45) is 11.7 Å². The number of nitrogens with one attached hydrogen (secondary N) is 1. The van der Waals surface area contributed by atoms with E-state index < -0.39 is 15.8 Å². The molecular formula is C14H21FN2O2S. The Hall–Kier alpha value is -0.980. The molecule has 2 atom stereocenters. The van der Waals surface area contributed by atoms with Crippen LogP contribution in [0.25, 0.3) is 0 Å². The Labute approximate surface area is 119 Å². The van der Waals surface area contributed by atoms with Crippen molar-refractivity contribution < 1.29 is 12.8 Å². The Kier molecular flexibility index (Phi) is 5.12. The highest BCUT2D eigenvalue weighted by Crippen LogP contribution is 2.24. The van der Waals surface area contributed by atoms with E-state index in [1.807, 2.05) is 0 Å². The number of hydrogen-bond donors (Lipinski definition) is 2. The third-order valence-electron chi connectivity index (χ3n) is 3.85. The molecule has 2 rings (SSSR count). The zero-order chi connectivity index (χ0) is 14.6. The third-order valence-corrected chi connectivity index (χ3v) is 5.20. The van der Waals surface area contributed by atoms with Crippen molar-refractivity contribution >= 4 is 10.0 Å². The highest BCUT2D eigenvalue weighted by molar-refractivity contribution is 7.88. The smallest absolute Gasteiger partial charge is 0.216 e. The average Bonchev–Trinajstić information content (AvgIpc) is 2.41. The second-order valence-electron chi connectivity index (χ2n) is 5.36. The van der Waals surface area contributed by atoms with Crippen LogP contribution in [0.4, 0.5) is 4.39 Å². The molecular weight excluding hydrogens is 279 g/mol. The number of benzene rings is 1. The van der Waals surface area contributed by atoms with E-state index in [-0.39, 0.29) is 23.3 Å². The van der Waals surface area contributed by atoms with E-state index in [0.717, 1.165) is 25.7 Å². The second-order valence-corrected chi connectivity index (χ2v) is 7.11. The number of sulfonamides is 1. The van der Waals surface area contributed by atoms with Gasteiger partial charge in [-0.1, -0.05) is 31.0 Å². The summed E-state index contributed by atoms with van der Waals surface area (Å²) in [4.78, 5) is 0. The molecule has 0 aliphatic heterocycles. The Bertz CT molecular complexity index is 548. The first kappa shape index (κ1) is 15.4. The van der Waals surface area contributed by atoms with Crippen molar-refractivity contribution in [2.75, 3.05) is 6.54 Å². The van der Waals surface area contributed by atoms with Crippen LogP contribution in [0.5, 0.6) is 0 Å². The summed E-state index contributed by atoms with van der Waals surface area (Å²) in [5.74, 6) is -0.635. The fraction of sp³-hybridized carbons (Fsp3) is 0.571. The average molecular weight is 300 g/mol. The van der Waals surface area contributed by atoms with E-state index in [1.165, 1.54) is 12.1 Å². The van der Waals surface area contributed by atoms with Crippen molar-refractivity contribution in [1.29, 1.82) is 0 Å². The standard InChI is InChI=1S/C14H21FN2O2S/c15-13-7-3-1-6-12(13)10-20(18,19)17-14-8-4-2-5-11(14)9-16/h1,3,6-7,11,14,17H,2,4-5,8-10,16H2. The minimum Gasteiger partial charge on any atom is -0.330 e. The number of halogens is 1. The van der Waals surface area contributed by atoms with Crippen LogP contribution in [0.15, 0.2) is 24.3 Å². The van der Waals surface area contributed by atoms with Gasteiger partial charge in [0.15, 0.2) is 0 Å². The van der Waals surface area contributed by atoms with Crippen LogP contribution in [0, 0.1) is 11.7 Å². The van der Waals surface area contributed by atoms with Crippen LogP contribution in [-0.4, -0.2) is 21.0 Å². The van der Waals surface area contributed by atoms with E-state index in [0.29, 0.717) is 6.54 Å². The summed E-state index contributed by atoms with van der Waals surface area (Å²) in [5.41, 5.74) is 5.89. The van der Waals surface area contributed by atoms with Crippen LogP contribution >= 0.6 is 0 Å². The van der Waals surface area contributed by atoms with Crippen molar-refractivity contribution in [3.05, 3.63) is 35.6 Å². The molecule has 0 aromatic heterocycles. The van der Waals surface area contributed by atoms with Gasteiger partial charge in [0.2, 0.25) is 10.0 Å². The zero-order valence-corrected chi connectivity index (χ0v) is 12.2. The van der Waals surface area contributed by atoms with Gasteiger partial charge in [0, 0.05) is 11.6 Å². The predicted molar refractivity (Wildman–Crippen MR) is 77.0 cm³/mol. The van der Waals surface area contributed by atoms with Crippen LogP contribution in [-0.2, 0) is 15.8 Å². The molecule has 4 nitrogen and oxygen atoms in total. The summed E-state index contributed by atoms with van der Waals surface area (Å²) in [6.07, 6.45) is 3.85. The molecule has 0 saturated heterocycles. The molecule has 3 N–H and O–H groups in total. The van der Waals surface area contributed by atoms with Gasteiger partial charge in [0.25, 0.3) is 0 Å². The highest BCUT2D eigenvalue weighted by Gasteiger charge is 2.28. The maximum Gasteiger partial charge on any atom is 0.216 e. The lowest BCUT2D eigenvalue weighted by Gasteiger charge is -2.31. The third kappa shape index (κ3) is 4.01. The Balaban J connectivity index is 2.05. The summed E-state index contributed by atoms with van der Waals surface area (Å²) < 4.78 is 40.6. The maximum atomic E-state index is 13.5. The van der Waals surface area contributed by atoms with Crippen LogP contribution in [0.3, 0.4) is 0 Å². The van der Waals surface area contributed by atoms with Gasteiger partial charge < -0.3 is 5.73 Å². The van der Waals surface area contributed by atoms with Crippen molar-refractivity contribution in [3.8, 4) is 0 Å². The molecule has 0 heterocycles. The van der Waals surface area contributed by atoms with Crippen molar-refractivity contribution in [1.82, 2.24) is 4.72 Å². The Morgan fingerprint density at radius 1 is 1.25 bits per heavy atom. The van der Waals surface area contributed by atoms with Gasteiger partial charge in [-0.05, 0) is 31.4 Å². The van der Waals surface area contributed by atoms with Crippen LogP contribution in [0.1, 0.15) is 31.2 Å². The number of hydrogen-bond acceptors (Lipinski definition) is 3. The summed E-state index contributed by atoms with van der Waals surface area (Å²) in [5, 5.41) is 0. The Morgan fingerprint density at radius 2 is 1.95 bits per heavy atom. The van der Waals surface area contributed by atoms with Gasteiger partial charge in [0.1, 0.15) is 5.82 Å². The summed E-state index contributed by atoms with van der Waals surface area (Å²) in [6.45, 7) is 0.479. The van der Waals surface area contributed by atoms with Crippen molar-refractivity contribution in [2.45, 2.75) is 37.5 Å². The minimum atomic E-state index is -3.55. The normalized spacial score (nSPS) is 23.7. The van der Waals surface area contributed by atoms with E-state index in [4.69, 9.17) is 5.73 Å². The van der Waals surface area contributed by atoms with Crippen LogP contribution < -0.4 is 10.5 Å². The molecule has 0 radical (unpaired) electrons. The molecule has 1 aromatic rings. The second kappa shape index (κ2) is 6.65. The SMILES string of the molecule is NCC1CCCCC1NS(=O)(=O)Cc1ccccc1F. The first-order valence-corrected chi connectivity index (χ1v) is 8.60. The van der Waals surface area contributed by atoms with E-state index >= 15 is 0 Å². The molecule has 20 heavy (non-hydrogen) atoms. The fourth-order valence-corrected chi connectivity index (χ4v) is 4.24. The number of nitrogens with two attached hydrogens (primary N) is 1. The van der Waals surface area contributed by atoms with Gasteiger partial charge in [0.05, 0.1) is 5.75 Å². The van der Waals surface area contributed by atoms with Gasteiger partial charge in [-0.2, -0.15) is 0 Å². The molecule has 1 aromatic carbocycles. The number of rotatable bonds is 5. The summed E-state index contributed by atoms with van der Waals surface area (Å²) in [6, 6.07) is 5.83. The maximum absolute atomic E-state index is 13.5. The largest absolute Gasteiger partial charge is 0.330 e. The van der Waals surface area contributed by atoms with Crippen LogP contribution in [0.2, 0.25) is 0 Å². The molecule has 1 saturated carbocycles. The molecule has 0 spiro atoms. The molecule has 1 aliphatic carbocycles. The lowest BCUT2D eigenvalue weighted by Crippen LogP contribution is -2.45. The zero-order valence-electron chi connectivity index (χ0n) is 11.4. The lowest BCUT2D eigenvalue weighted by molar-refractivity contribution is 0.296. The summed E-state index contributed by atoms with van der Waals surface area (Å²) in [7, 11) is -3.55. The molecule has 1 aliphatic rings. The lowest BCUT2D eigenvalue weighted by atomic mass is 9.85. The highest BCUT2D eigenvalue weighted by atomic mass is 32.2. The quantitative estimate of drug-likeness (QED) is 0.870. The topological polar surface area (TPSA) is 72.2 Å². The molecule has 6 heteroatoms. The minimum absolute atomic E-state index is 0.120. The molecule has 0 amide bonds. The molecule has 0 bridgehead atoms. The molecule has 112 valence electrons. The van der Waals surface area contributed by atoms with Crippen molar-refractivity contribution in [3.63, 3.8) is 0 Å².